The summed E-state index contributed by atoms with van der Waals surface area (Å²) in [5.41, 5.74) is 10.5. The minimum atomic E-state index is -0.363. The fraction of sp³-hybridized carbons (Fsp3) is 0.875. The predicted molar refractivity (Wildman–Crippen MR) is 43.8 cm³/mol. The molecule has 3 nitrogen and oxygen atoms in total. The molecule has 0 spiro atoms. The second-order valence-electron chi connectivity index (χ2n) is 3.41. The van der Waals surface area contributed by atoms with Crippen LogP contribution in [-0.2, 0) is 4.79 Å². The fourth-order valence-electron chi connectivity index (χ4n) is 1.78. The number of hydrogen-bond donors (Lipinski definition) is 2. The van der Waals surface area contributed by atoms with Crippen molar-refractivity contribution in [3.8, 4) is 0 Å². The largest absolute Gasteiger partial charge is 0.369 e. The predicted octanol–water partition coefficient (Wildman–Crippen LogP) is 0.381. The Bertz CT molecular complexity index is 150. The molecule has 3 heteroatoms. The number of hydrogen-bond acceptors (Lipinski definition) is 2. The lowest BCUT2D eigenvalue weighted by molar-refractivity contribution is -0.128. The van der Waals surface area contributed by atoms with Crippen molar-refractivity contribution in [3.63, 3.8) is 0 Å². The van der Waals surface area contributed by atoms with E-state index in [1.54, 1.807) is 0 Å². The molecule has 0 bridgehead atoms. The van der Waals surface area contributed by atoms with Gasteiger partial charge in [0.15, 0.2) is 0 Å². The van der Waals surface area contributed by atoms with Crippen LogP contribution in [0.5, 0.6) is 0 Å². The maximum Gasteiger partial charge on any atom is 0.224 e. The third-order valence-corrected chi connectivity index (χ3v) is 2.72. The lowest BCUT2D eigenvalue weighted by Gasteiger charge is -2.32. The van der Waals surface area contributed by atoms with Crippen molar-refractivity contribution in [1.82, 2.24) is 0 Å². The smallest absolute Gasteiger partial charge is 0.224 e. The van der Waals surface area contributed by atoms with Gasteiger partial charge in [-0.3, -0.25) is 4.79 Å². The van der Waals surface area contributed by atoms with Crippen molar-refractivity contribution in [2.45, 2.75) is 32.1 Å². The van der Waals surface area contributed by atoms with Crippen LogP contribution < -0.4 is 11.5 Å². The van der Waals surface area contributed by atoms with Gasteiger partial charge < -0.3 is 11.5 Å². The minimum Gasteiger partial charge on any atom is -0.369 e. The van der Waals surface area contributed by atoms with Crippen LogP contribution in [0.1, 0.15) is 32.1 Å². The van der Waals surface area contributed by atoms with E-state index in [2.05, 4.69) is 0 Å². The molecule has 1 aliphatic rings. The molecule has 0 unspecified atom stereocenters. The summed E-state index contributed by atoms with van der Waals surface area (Å²) in [4.78, 5) is 11.0. The Kier molecular flexibility index (Phi) is 2.49. The van der Waals surface area contributed by atoms with E-state index in [4.69, 9.17) is 11.5 Å². The van der Waals surface area contributed by atoms with Gasteiger partial charge in [-0.2, -0.15) is 0 Å². The second kappa shape index (κ2) is 3.22. The van der Waals surface area contributed by atoms with E-state index in [0.717, 1.165) is 25.7 Å². The van der Waals surface area contributed by atoms with E-state index in [9.17, 15) is 4.79 Å². The van der Waals surface area contributed by atoms with Crippen LogP contribution in [-0.4, -0.2) is 12.5 Å². The first-order chi connectivity index (χ1) is 5.21. The van der Waals surface area contributed by atoms with Gasteiger partial charge in [0.2, 0.25) is 5.91 Å². The van der Waals surface area contributed by atoms with Gasteiger partial charge in [0, 0.05) is 6.54 Å². The molecule has 1 aliphatic carbocycles. The summed E-state index contributed by atoms with van der Waals surface area (Å²) in [7, 11) is 0. The topological polar surface area (TPSA) is 69.1 Å². The van der Waals surface area contributed by atoms with E-state index in [-0.39, 0.29) is 11.3 Å². The summed E-state index contributed by atoms with van der Waals surface area (Å²) in [6.45, 7) is 0.419. The third-order valence-electron chi connectivity index (χ3n) is 2.72. The summed E-state index contributed by atoms with van der Waals surface area (Å²) in [6.07, 6.45) is 5.19. The number of rotatable bonds is 2. The molecule has 1 fully saturated rings. The number of carbonyl (C=O) groups is 1. The van der Waals surface area contributed by atoms with Crippen molar-refractivity contribution in [2.24, 2.45) is 16.9 Å². The van der Waals surface area contributed by atoms with E-state index < -0.39 is 0 Å². The second-order valence-corrected chi connectivity index (χ2v) is 3.41. The molecular formula is C8H16N2O. The Morgan fingerprint density at radius 1 is 1.27 bits per heavy atom. The first-order valence-electron chi connectivity index (χ1n) is 4.21. The van der Waals surface area contributed by atoms with Gasteiger partial charge in [-0.05, 0) is 12.8 Å². The molecule has 1 amide bonds. The zero-order valence-corrected chi connectivity index (χ0v) is 6.81. The molecule has 0 saturated heterocycles. The molecule has 0 aliphatic heterocycles. The lowest BCUT2D eigenvalue weighted by Crippen LogP contribution is -2.44. The molecule has 0 atom stereocenters. The summed E-state index contributed by atoms with van der Waals surface area (Å²) in [5, 5.41) is 0. The van der Waals surface area contributed by atoms with Crippen LogP contribution in [0.15, 0.2) is 0 Å². The molecule has 4 N–H and O–H groups in total. The molecule has 0 aromatic rings. The average molecular weight is 156 g/mol. The number of nitrogens with two attached hydrogens (primary N) is 2. The van der Waals surface area contributed by atoms with Gasteiger partial charge in [0.05, 0.1) is 5.41 Å². The summed E-state index contributed by atoms with van der Waals surface area (Å²) >= 11 is 0. The van der Waals surface area contributed by atoms with E-state index in [1.165, 1.54) is 6.42 Å². The molecule has 11 heavy (non-hydrogen) atoms. The number of amides is 1. The van der Waals surface area contributed by atoms with E-state index in [1.807, 2.05) is 0 Å². The van der Waals surface area contributed by atoms with Crippen molar-refractivity contribution in [3.05, 3.63) is 0 Å². The Morgan fingerprint density at radius 2 is 1.82 bits per heavy atom. The average Bonchev–Trinajstić information content (AvgIpc) is 2.05. The van der Waals surface area contributed by atoms with Crippen molar-refractivity contribution >= 4 is 5.91 Å². The van der Waals surface area contributed by atoms with Gasteiger partial charge >= 0.3 is 0 Å². The van der Waals surface area contributed by atoms with Gasteiger partial charge in [-0.1, -0.05) is 19.3 Å². The molecular weight excluding hydrogens is 140 g/mol. The Balaban J connectivity index is 2.64. The van der Waals surface area contributed by atoms with Gasteiger partial charge in [-0.15, -0.1) is 0 Å². The number of carbonyl (C=O) groups excluding carboxylic acids is 1. The number of primary amides is 1. The highest BCUT2D eigenvalue weighted by atomic mass is 16.1. The molecule has 1 saturated carbocycles. The summed E-state index contributed by atoms with van der Waals surface area (Å²) in [6, 6.07) is 0. The van der Waals surface area contributed by atoms with Crippen LogP contribution >= 0.6 is 0 Å². The van der Waals surface area contributed by atoms with Crippen LogP contribution in [0.25, 0.3) is 0 Å². The normalized spacial score (nSPS) is 23.0. The summed E-state index contributed by atoms with van der Waals surface area (Å²) < 4.78 is 0. The van der Waals surface area contributed by atoms with Crippen LogP contribution in [0, 0.1) is 5.41 Å². The lowest BCUT2D eigenvalue weighted by atomic mass is 9.73. The Labute approximate surface area is 67.1 Å². The third kappa shape index (κ3) is 1.53. The maximum absolute atomic E-state index is 11.0. The first-order valence-corrected chi connectivity index (χ1v) is 4.21. The minimum absolute atomic E-state index is 0.209. The van der Waals surface area contributed by atoms with Crippen molar-refractivity contribution in [2.75, 3.05) is 6.54 Å². The molecule has 1 rings (SSSR count). The highest BCUT2D eigenvalue weighted by molar-refractivity contribution is 5.81. The maximum atomic E-state index is 11.0. The first kappa shape index (κ1) is 8.53. The van der Waals surface area contributed by atoms with E-state index >= 15 is 0 Å². The Hall–Kier alpha value is -0.570. The summed E-state index contributed by atoms with van der Waals surface area (Å²) in [5.74, 6) is -0.209. The highest BCUT2D eigenvalue weighted by Gasteiger charge is 2.36. The van der Waals surface area contributed by atoms with Gasteiger partial charge in [-0.25, -0.2) is 0 Å². The van der Waals surface area contributed by atoms with Crippen molar-refractivity contribution in [1.29, 1.82) is 0 Å². The standard InChI is InChI=1S/C8H16N2O/c9-6-8(7(10)11)4-2-1-3-5-8/h1-6,9H2,(H2,10,11). The monoisotopic (exact) mass is 156 g/mol. The van der Waals surface area contributed by atoms with Gasteiger partial charge in [0.25, 0.3) is 0 Å². The fourth-order valence-corrected chi connectivity index (χ4v) is 1.78. The molecule has 0 heterocycles. The molecule has 0 radical (unpaired) electrons. The highest BCUT2D eigenvalue weighted by Crippen LogP contribution is 2.34. The SMILES string of the molecule is NCC1(C(N)=O)CCCCC1. The molecule has 0 aromatic carbocycles. The van der Waals surface area contributed by atoms with Crippen LogP contribution in [0.3, 0.4) is 0 Å². The molecule has 0 aromatic heterocycles. The van der Waals surface area contributed by atoms with E-state index in [0.29, 0.717) is 6.54 Å². The van der Waals surface area contributed by atoms with Crippen molar-refractivity contribution < 1.29 is 4.79 Å². The zero-order chi connectivity index (χ0) is 8.32. The Morgan fingerprint density at radius 3 is 2.09 bits per heavy atom. The van der Waals surface area contributed by atoms with Gasteiger partial charge in [0.1, 0.15) is 0 Å². The quantitative estimate of drug-likeness (QED) is 0.607. The molecule has 64 valence electrons. The zero-order valence-electron chi connectivity index (χ0n) is 6.81. The van der Waals surface area contributed by atoms with Crippen LogP contribution in [0.2, 0.25) is 0 Å². The van der Waals surface area contributed by atoms with Crippen LogP contribution in [0.4, 0.5) is 0 Å².